The first-order valence-corrected chi connectivity index (χ1v) is 6.40. The van der Waals surface area contributed by atoms with E-state index in [9.17, 15) is 4.39 Å². The lowest BCUT2D eigenvalue weighted by Crippen LogP contribution is -2.14. The molecule has 94 valence electrons. The fraction of sp³-hybridized carbons (Fsp3) is 0.214. The van der Waals surface area contributed by atoms with Crippen molar-refractivity contribution in [2.45, 2.75) is 13.8 Å². The summed E-state index contributed by atoms with van der Waals surface area (Å²) < 4.78 is 14.5. The lowest BCUT2D eigenvalue weighted by molar-refractivity contribution is 0.620. The first-order valence-electron chi connectivity index (χ1n) is 5.61. The van der Waals surface area contributed by atoms with Crippen molar-refractivity contribution in [3.05, 3.63) is 51.9 Å². The van der Waals surface area contributed by atoms with Crippen LogP contribution in [-0.2, 0) is 0 Å². The first kappa shape index (κ1) is 13.0. The van der Waals surface area contributed by atoms with Crippen LogP contribution >= 0.6 is 15.9 Å². The predicted octanol–water partition coefficient (Wildman–Crippen LogP) is 4.37. The number of nitrogens with zero attached hydrogens (tertiary/aromatic N) is 2. The predicted molar refractivity (Wildman–Crippen MR) is 75.9 cm³/mol. The summed E-state index contributed by atoms with van der Waals surface area (Å²) in [4.78, 5) is 5.88. The smallest absolute Gasteiger partial charge is 0.169 e. The van der Waals surface area contributed by atoms with E-state index in [1.807, 2.05) is 33.0 Å². The zero-order valence-electron chi connectivity index (χ0n) is 10.5. The second-order valence-corrected chi connectivity index (χ2v) is 5.22. The Kier molecular flexibility index (Phi) is 3.66. The highest BCUT2D eigenvalue weighted by molar-refractivity contribution is 9.10. The van der Waals surface area contributed by atoms with E-state index in [0.29, 0.717) is 10.3 Å². The third-order valence-electron chi connectivity index (χ3n) is 2.82. The zero-order valence-corrected chi connectivity index (χ0v) is 12.1. The zero-order chi connectivity index (χ0) is 13.3. The number of aromatic nitrogens is 1. The molecule has 18 heavy (non-hydrogen) atoms. The molecule has 0 fully saturated rings. The summed E-state index contributed by atoms with van der Waals surface area (Å²) in [6.45, 7) is 4.05. The van der Waals surface area contributed by atoms with Gasteiger partial charge in [-0.15, -0.1) is 0 Å². The molecule has 0 aliphatic heterocycles. The van der Waals surface area contributed by atoms with Crippen LogP contribution in [0.15, 0.2) is 34.9 Å². The third-order valence-corrected chi connectivity index (χ3v) is 3.25. The van der Waals surface area contributed by atoms with Crippen LogP contribution in [0.1, 0.15) is 11.1 Å². The van der Waals surface area contributed by atoms with Crippen molar-refractivity contribution in [1.29, 1.82) is 0 Å². The van der Waals surface area contributed by atoms with Gasteiger partial charge in [0.05, 0.1) is 0 Å². The van der Waals surface area contributed by atoms with Crippen LogP contribution in [0.5, 0.6) is 0 Å². The quantitative estimate of drug-likeness (QED) is 0.819. The average Bonchev–Trinajstić information content (AvgIpc) is 2.28. The van der Waals surface area contributed by atoms with Crippen molar-refractivity contribution in [2.75, 3.05) is 11.9 Å². The van der Waals surface area contributed by atoms with E-state index >= 15 is 0 Å². The molecule has 1 aromatic heterocycles. The molecule has 0 amide bonds. The van der Waals surface area contributed by atoms with E-state index in [0.717, 1.165) is 11.3 Å². The minimum atomic E-state index is -0.341. The standard InChI is InChI=1S/C14H14BrFN2/c1-9-4-5-13(10(2)6-9)18(3)14-12(16)7-11(15)8-17-14/h4-8H,1-3H3. The Morgan fingerprint density at radius 1 is 1.22 bits per heavy atom. The number of hydrogen-bond acceptors (Lipinski definition) is 2. The molecule has 0 N–H and O–H groups in total. The molecule has 0 saturated carbocycles. The number of anilines is 2. The summed E-state index contributed by atoms with van der Waals surface area (Å²) >= 11 is 3.20. The monoisotopic (exact) mass is 308 g/mol. The highest BCUT2D eigenvalue weighted by Gasteiger charge is 2.13. The van der Waals surface area contributed by atoms with Crippen molar-refractivity contribution < 1.29 is 4.39 Å². The van der Waals surface area contributed by atoms with E-state index in [1.165, 1.54) is 11.6 Å². The molecule has 2 rings (SSSR count). The first-order chi connectivity index (χ1) is 8.49. The van der Waals surface area contributed by atoms with Gasteiger partial charge in [-0.3, -0.25) is 0 Å². The minimum absolute atomic E-state index is 0.324. The van der Waals surface area contributed by atoms with Crippen molar-refractivity contribution in [1.82, 2.24) is 4.98 Å². The molecular weight excluding hydrogens is 295 g/mol. The van der Waals surface area contributed by atoms with Gasteiger partial charge in [-0.05, 0) is 47.5 Å². The van der Waals surface area contributed by atoms with Gasteiger partial charge in [0.25, 0.3) is 0 Å². The lowest BCUT2D eigenvalue weighted by Gasteiger charge is -2.21. The van der Waals surface area contributed by atoms with Gasteiger partial charge in [0.1, 0.15) is 0 Å². The molecule has 0 radical (unpaired) electrons. The third kappa shape index (κ3) is 2.53. The van der Waals surface area contributed by atoms with Crippen molar-refractivity contribution in [3.63, 3.8) is 0 Å². The molecule has 0 unspecified atom stereocenters. The van der Waals surface area contributed by atoms with Gasteiger partial charge in [-0.1, -0.05) is 17.7 Å². The van der Waals surface area contributed by atoms with E-state index in [-0.39, 0.29) is 5.82 Å². The number of rotatable bonds is 2. The van der Waals surface area contributed by atoms with Crippen molar-refractivity contribution in [3.8, 4) is 0 Å². The summed E-state index contributed by atoms with van der Waals surface area (Å²) in [6.07, 6.45) is 1.60. The van der Waals surface area contributed by atoms with Crippen LogP contribution in [0.4, 0.5) is 15.9 Å². The SMILES string of the molecule is Cc1ccc(N(C)c2ncc(Br)cc2F)c(C)c1. The van der Waals surface area contributed by atoms with Crippen molar-refractivity contribution in [2.24, 2.45) is 0 Å². The Hall–Kier alpha value is -1.42. The van der Waals surface area contributed by atoms with Crippen LogP contribution < -0.4 is 4.90 Å². The van der Waals surface area contributed by atoms with Crippen LogP contribution in [0, 0.1) is 19.7 Å². The Labute approximate surface area is 115 Å². The highest BCUT2D eigenvalue weighted by Crippen LogP contribution is 2.28. The van der Waals surface area contributed by atoms with Gasteiger partial charge in [0.2, 0.25) is 0 Å². The van der Waals surface area contributed by atoms with E-state index in [4.69, 9.17) is 0 Å². The number of benzene rings is 1. The van der Waals surface area contributed by atoms with Gasteiger partial charge in [0, 0.05) is 23.4 Å². The maximum absolute atomic E-state index is 13.9. The second-order valence-electron chi connectivity index (χ2n) is 4.31. The summed E-state index contributed by atoms with van der Waals surface area (Å²) in [5.74, 6) is -0.0167. The number of aryl methyl sites for hydroxylation is 2. The maximum atomic E-state index is 13.9. The summed E-state index contributed by atoms with van der Waals surface area (Å²) in [5, 5.41) is 0. The Morgan fingerprint density at radius 3 is 2.56 bits per heavy atom. The van der Waals surface area contributed by atoms with Crippen LogP contribution in [0.25, 0.3) is 0 Å². The fourth-order valence-corrected chi connectivity index (χ4v) is 2.25. The molecule has 0 atom stereocenters. The van der Waals surface area contributed by atoms with Crippen LogP contribution in [-0.4, -0.2) is 12.0 Å². The molecule has 2 aromatic rings. The molecular formula is C14H14BrFN2. The topological polar surface area (TPSA) is 16.1 Å². The molecule has 0 aliphatic rings. The van der Waals surface area contributed by atoms with Gasteiger partial charge in [-0.2, -0.15) is 0 Å². The second kappa shape index (κ2) is 5.06. The van der Waals surface area contributed by atoms with Gasteiger partial charge in [0.15, 0.2) is 11.6 Å². The Bertz CT molecular complexity index is 533. The number of hydrogen-bond donors (Lipinski definition) is 0. The summed E-state index contributed by atoms with van der Waals surface area (Å²) in [6, 6.07) is 7.48. The molecule has 0 aliphatic carbocycles. The Balaban J connectivity index is 2.44. The molecule has 1 heterocycles. The fourth-order valence-electron chi connectivity index (χ4n) is 1.95. The van der Waals surface area contributed by atoms with Crippen molar-refractivity contribution >= 4 is 27.4 Å². The van der Waals surface area contributed by atoms with E-state index in [1.54, 1.807) is 11.1 Å². The highest BCUT2D eigenvalue weighted by atomic mass is 79.9. The maximum Gasteiger partial charge on any atom is 0.169 e. The lowest BCUT2D eigenvalue weighted by atomic mass is 10.1. The van der Waals surface area contributed by atoms with Gasteiger partial charge < -0.3 is 4.90 Å². The van der Waals surface area contributed by atoms with Crippen LogP contribution in [0.3, 0.4) is 0 Å². The largest absolute Gasteiger partial charge is 0.327 e. The van der Waals surface area contributed by atoms with E-state index in [2.05, 4.69) is 27.0 Å². The molecule has 0 spiro atoms. The average molecular weight is 309 g/mol. The molecule has 1 aromatic carbocycles. The number of halogens is 2. The molecule has 4 heteroatoms. The summed E-state index contributed by atoms with van der Waals surface area (Å²) in [7, 11) is 1.82. The van der Waals surface area contributed by atoms with Gasteiger partial charge in [-0.25, -0.2) is 9.37 Å². The minimum Gasteiger partial charge on any atom is -0.327 e. The van der Waals surface area contributed by atoms with E-state index < -0.39 is 0 Å². The molecule has 2 nitrogen and oxygen atoms in total. The molecule has 0 saturated heterocycles. The normalized spacial score (nSPS) is 10.5. The van der Waals surface area contributed by atoms with Crippen LogP contribution in [0.2, 0.25) is 0 Å². The molecule has 0 bridgehead atoms. The number of pyridine rings is 1. The van der Waals surface area contributed by atoms with Gasteiger partial charge >= 0.3 is 0 Å². The Morgan fingerprint density at radius 2 is 1.94 bits per heavy atom. The summed E-state index contributed by atoms with van der Waals surface area (Å²) in [5.41, 5.74) is 3.24.